The van der Waals surface area contributed by atoms with Gasteiger partial charge in [0.15, 0.2) is 0 Å². The molecule has 0 heterocycles. The number of benzene rings is 2. The molecule has 0 bridgehead atoms. The highest BCUT2D eigenvalue weighted by molar-refractivity contribution is 6.42. The molecule has 0 atom stereocenters. The van der Waals surface area contributed by atoms with Crippen molar-refractivity contribution in [3.05, 3.63) is 62.1 Å². The third-order valence-electron chi connectivity index (χ3n) is 2.80. The summed E-state index contributed by atoms with van der Waals surface area (Å²) in [4.78, 5) is 23.8. The Balaban J connectivity index is 1.93. The molecule has 0 saturated heterocycles. The lowest BCUT2D eigenvalue weighted by Gasteiger charge is -2.09. The Morgan fingerprint density at radius 3 is 2.26 bits per heavy atom. The first-order valence-electron chi connectivity index (χ1n) is 6.35. The molecule has 0 aliphatic rings. The second-order valence-electron chi connectivity index (χ2n) is 4.48. The Labute approximate surface area is 152 Å². The summed E-state index contributed by atoms with van der Waals surface area (Å²) < 4.78 is 0. The van der Waals surface area contributed by atoms with Gasteiger partial charge in [0.2, 0.25) is 5.91 Å². The number of carbonyl (C=O) groups is 2. The third-order valence-corrected chi connectivity index (χ3v) is 4.08. The Morgan fingerprint density at radius 2 is 1.61 bits per heavy atom. The molecule has 2 amide bonds. The predicted molar refractivity (Wildman–Crippen MR) is 93.9 cm³/mol. The van der Waals surface area contributed by atoms with Crippen molar-refractivity contribution in [2.75, 3.05) is 11.9 Å². The maximum absolute atomic E-state index is 11.9. The van der Waals surface area contributed by atoms with E-state index in [1.165, 1.54) is 24.3 Å². The van der Waals surface area contributed by atoms with E-state index in [2.05, 4.69) is 10.6 Å². The molecule has 0 aromatic heterocycles. The Hall–Kier alpha value is -1.46. The van der Waals surface area contributed by atoms with E-state index in [1.54, 1.807) is 12.1 Å². The summed E-state index contributed by atoms with van der Waals surface area (Å²) in [5.74, 6) is -0.872. The lowest BCUT2D eigenvalue weighted by atomic mass is 10.2. The van der Waals surface area contributed by atoms with Crippen molar-refractivity contribution in [2.24, 2.45) is 0 Å². The maximum atomic E-state index is 11.9. The Kier molecular flexibility index (Phi) is 6.13. The van der Waals surface area contributed by atoms with E-state index in [4.69, 9.17) is 46.4 Å². The fourth-order valence-electron chi connectivity index (χ4n) is 1.69. The van der Waals surface area contributed by atoms with E-state index in [0.29, 0.717) is 26.3 Å². The molecule has 0 radical (unpaired) electrons. The van der Waals surface area contributed by atoms with Crippen LogP contribution in [0, 0.1) is 0 Å². The number of halogens is 4. The van der Waals surface area contributed by atoms with Gasteiger partial charge in [-0.05, 0) is 36.4 Å². The molecular formula is C15H10Cl4N2O2. The number of rotatable bonds is 4. The number of hydrogen-bond acceptors (Lipinski definition) is 2. The minimum absolute atomic E-state index is 0.224. The average molecular weight is 392 g/mol. The van der Waals surface area contributed by atoms with Gasteiger partial charge in [0.1, 0.15) is 0 Å². The third kappa shape index (κ3) is 5.01. The molecule has 0 fully saturated rings. The summed E-state index contributed by atoms with van der Waals surface area (Å²) in [5.41, 5.74) is 0.710. The summed E-state index contributed by atoms with van der Waals surface area (Å²) >= 11 is 23.3. The maximum Gasteiger partial charge on any atom is 0.251 e. The normalized spacial score (nSPS) is 10.3. The lowest BCUT2D eigenvalue weighted by Crippen LogP contribution is -2.32. The smallest absolute Gasteiger partial charge is 0.251 e. The molecule has 23 heavy (non-hydrogen) atoms. The zero-order valence-corrected chi connectivity index (χ0v) is 14.5. The van der Waals surface area contributed by atoms with Crippen LogP contribution in [0.5, 0.6) is 0 Å². The van der Waals surface area contributed by atoms with Gasteiger partial charge in [0, 0.05) is 10.6 Å². The van der Waals surface area contributed by atoms with Crippen molar-refractivity contribution in [1.29, 1.82) is 0 Å². The van der Waals surface area contributed by atoms with Crippen LogP contribution in [-0.4, -0.2) is 18.4 Å². The standard InChI is InChI=1S/C15H10Cl4N2O2/c16-9-2-4-13(12(19)6-9)21-14(22)7-20-15(23)8-1-3-10(17)11(18)5-8/h1-6H,7H2,(H,20,23)(H,21,22). The van der Waals surface area contributed by atoms with Crippen molar-refractivity contribution in [3.8, 4) is 0 Å². The molecular weight excluding hydrogens is 382 g/mol. The SMILES string of the molecule is O=C(CNC(=O)c1ccc(Cl)c(Cl)c1)Nc1ccc(Cl)cc1Cl. The van der Waals surface area contributed by atoms with Gasteiger partial charge in [-0.15, -0.1) is 0 Å². The van der Waals surface area contributed by atoms with Gasteiger partial charge in [-0.1, -0.05) is 46.4 Å². The molecule has 0 aliphatic heterocycles. The van der Waals surface area contributed by atoms with Crippen molar-refractivity contribution in [3.63, 3.8) is 0 Å². The van der Waals surface area contributed by atoms with Gasteiger partial charge >= 0.3 is 0 Å². The minimum atomic E-state index is -0.444. The zero-order valence-electron chi connectivity index (χ0n) is 11.5. The van der Waals surface area contributed by atoms with Crippen LogP contribution in [0.15, 0.2) is 36.4 Å². The van der Waals surface area contributed by atoms with Crippen LogP contribution in [0.1, 0.15) is 10.4 Å². The van der Waals surface area contributed by atoms with E-state index >= 15 is 0 Å². The Morgan fingerprint density at radius 1 is 0.870 bits per heavy atom. The topological polar surface area (TPSA) is 58.2 Å². The molecule has 2 N–H and O–H groups in total. The first-order chi connectivity index (χ1) is 10.9. The fraction of sp³-hybridized carbons (Fsp3) is 0.0667. The van der Waals surface area contributed by atoms with E-state index in [-0.39, 0.29) is 11.6 Å². The van der Waals surface area contributed by atoms with Crippen LogP contribution >= 0.6 is 46.4 Å². The van der Waals surface area contributed by atoms with Crippen LogP contribution in [0.2, 0.25) is 20.1 Å². The van der Waals surface area contributed by atoms with Crippen molar-refractivity contribution in [1.82, 2.24) is 5.32 Å². The van der Waals surface area contributed by atoms with Crippen LogP contribution in [0.4, 0.5) is 5.69 Å². The highest BCUT2D eigenvalue weighted by atomic mass is 35.5. The Bertz CT molecular complexity index is 765. The second kappa shape index (κ2) is 7.88. The van der Waals surface area contributed by atoms with Crippen LogP contribution < -0.4 is 10.6 Å². The summed E-state index contributed by atoms with van der Waals surface area (Å²) in [5, 5.41) is 6.42. The number of hydrogen-bond donors (Lipinski definition) is 2. The lowest BCUT2D eigenvalue weighted by molar-refractivity contribution is -0.115. The molecule has 2 aromatic rings. The highest BCUT2D eigenvalue weighted by Gasteiger charge is 2.11. The molecule has 2 aromatic carbocycles. The van der Waals surface area contributed by atoms with E-state index < -0.39 is 11.8 Å². The molecule has 0 aliphatic carbocycles. The molecule has 2 rings (SSSR count). The number of carbonyl (C=O) groups excluding carboxylic acids is 2. The molecule has 4 nitrogen and oxygen atoms in total. The van der Waals surface area contributed by atoms with E-state index in [0.717, 1.165) is 0 Å². The molecule has 0 unspecified atom stereocenters. The van der Waals surface area contributed by atoms with Crippen molar-refractivity contribution >= 4 is 63.9 Å². The van der Waals surface area contributed by atoms with Crippen LogP contribution in [0.25, 0.3) is 0 Å². The molecule has 120 valence electrons. The average Bonchev–Trinajstić information content (AvgIpc) is 2.50. The van der Waals surface area contributed by atoms with Gasteiger partial charge in [-0.3, -0.25) is 9.59 Å². The largest absolute Gasteiger partial charge is 0.343 e. The summed E-state index contributed by atoms with van der Waals surface area (Å²) in [7, 11) is 0. The van der Waals surface area contributed by atoms with Gasteiger partial charge in [0.05, 0.1) is 27.3 Å². The molecule has 8 heteroatoms. The quantitative estimate of drug-likeness (QED) is 0.795. The zero-order chi connectivity index (χ0) is 17.0. The van der Waals surface area contributed by atoms with Crippen molar-refractivity contribution < 1.29 is 9.59 Å². The predicted octanol–water partition coefficient (Wildman–Crippen LogP) is 4.67. The highest BCUT2D eigenvalue weighted by Crippen LogP contribution is 2.25. The first-order valence-corrected chi connectivity index (χ1v) is 7.86. The first kappa shape index (κ1) is 17.9. The second-order valence-corrected chi connectivity index (χ2v) is 6.14. The van der Waals surface area contributed by atoms with E-state index in [1.807, 2.05) is 0 Å². The van der Waals surface area contributed by atoms with Gasteiger partial charge in [0.25, 0.3) is 5.91 Å². The minimum Gasteiger partial charge on any atom is -0.343 e. The van der Waals surface area contributed by atoms with Crippen LogP contribution in [0.3, 0.4) is 0 Å². The van der Waals surface area contributed by atoms with Gasteiger partial charge < -0.3 is 10.6 Å². The van der Waals surface area contributed by atoms with Crippen LogP contribution in [-0.2, 0) is 4.79 Å². The fourth-order valence-corrected chi connectivity index (χ4v) is 2.44. The number of anilines is 1. The summed E-state index contributed by atoms with van der Waals surface area (Å²) in [6.45, 7) is -0.224. The number of nitrogens with one attached hydrogen (secondary N) is 2. The molecule has 0 spiro atoms. The monoisotopic (exact) mass is 390 g/mol. The van der Waals surface area contributed by atoms with Crippen molar-refractivity contribution in [2.45, 2.75) is 0 Å². The number of amides is 2. The van der Waals surface area contributed by atoms with Gasteiger partial charge in [-0.25, -0.2) is 0 Å². The van der Waals surface area contributed by atoms with E-state index in [9.17, 15) is 9.59 Å². The molecule has 0 saturated carbocycles. The summed E-state index contributed by atoms with van der Waals surface area (Å²) in [6.07, 6.45) is 0. The summed E-state index contributed by atoms with van der Waals surface area (Å²) in [6, 6.07) is 9.12. The van der Waals surface area contributed by atoms with Gasteiger partial charge in [-0.2, -0.15) is 0 Å².